The third kappa shape index (κ3) is 2.43. The van der Waals surface area contributed by atoms with E-state index in [1.165, 1.54) is 0 Å². The minimum Gasteiger partial charge on any atom is -0.170 e. The van der Waals surface area contributed by atoms with Crippen molar-refractivity contribution in [2.75, 3.05) is 6.26 Å². The topological polar surface area (TPSA) is 36.1 Å². The van der Waals surface area contributed by atoms with Gasteiger partial charge in [0.1, 0.15) is 0 Å². The second-order valence-corrected chi connectivity index (χ2v) is 4.65. The highest BCUT2D eigenvalue weighted by Crippen LogP contribution is 2.13. The number of hydrogen-bond donors (Lipinski definition) is 0. The Morgan fingerprint density at radius 1 is 1.42 bits per heavy atom. The van der Waals surface area contributed by atoms with Gasteiger partial charge in [0.15, 0.2) is 0 Å². The maximum Gasteiger partial charge on any atom is 0.212 e. The molecule has 0 bridgehead atoms. The molecule has 1 atom stereocenters. The number of nitrogens with zero attached hydrogens (tertiary/aromatic N) is 2. The smallest absolute Gasteiger partial charge is 0.170 e. The number of hydrogen-bond acceptors (Lipinski definition) is 2. The zero-order valence-corrected chi connectivity index (χ0v) is 8.89. The Morgan fingerprint density at radius 3 is 2.50 bits per heavy atom. The van der Waals surface area contributed by atoms with E-state index in [1.807, 2.05) is 30.5 Å². The molecule has 12 heavy (non-hydrogen) atoms. The molecule has 62 valence electrons. The summed E-state index contributed by atoms with van der Waals surface area (Å²) in [6, 6.07) is 7.83. The van der Waals surface area contributed by atoms with Gasteiger partial charge in [-0.25, -0.2) is 0 Å². The second-order valence-electron chi connectivity index (χ2n) is 2.12. The van der Waals surface area contributed by atoms with Crippen molar-refractivity contribution < 1.29 is 0 Å². The molecule has 2 nitrogen and oxygen atoms in total. The summed E-state index contributed by atoms with van der Waals surface area (Å²) in [5.74, 6) is 0. The van der Waals surface area contributed by atoms with Gasteiger partial charge in [-0.05, 0) is 30.5 Å². The van der Waals surface area contributed by atoms with Crippen LogP contribution >= 0.6 is 15.9 Å². The first-order valence-corrected chi connectivity index (χ1v) is 5.64. The van der Waals surface area contributed by atoms with Crippen molar-refractivity contribution in [1.82, 2.24) is 0 Å². The van der Waals surface area contributed by atoms with Gasteiger partial charge < -0.3 is 0 Å². The van der Waals surface area contributed by atoms with Crippen LogP contribution in [-0.2, 0) is 10.7 Å². The monoisotopic (exact) mass is 242 g/mol. The van der Waals surface area contributed by atoms with Crippen LogP contribution < -0.4 is 0 Å². The minimum absolute atomic E-state index is 0.299. The second kappa shape index (κ2) is 4.39. The molecule has 0 radical (unpaired) electrons. The minimum atomic E-state index is -0.299. The van der Waals surface area contributed by atoms with Crippen molar-refractivity contribution in [3.05, 3.63) is 28.7 Å². The summed E-state index contributed by atoms with van der Waals surface area (Å²) in [5, 5.41) is 8.33. The summed E-state index contributed by atoms with van der Waals surface area (Å²) in [4.78, 5) is 1.08. The molecule has 0 aromatic heterocycles. The first-order valence-electron chi connectivity index (χ1n) is 3.25. The first-order chi connectivity index (χ1) is 5.74. The average Bonchev–Trinajstić information content (AvgIpc) is 2.06. The molecule has 0 saturated carbocycles. The van der Waals surface area contributed by atoms with E-state index < -0.39 is 0 Å². The van der Waals surface area contributed by atoms with E-state index in [0.717, 1.165) is 9.37 Å². The van der Waals surface area contributed by atoms with Crippen LogP contribution in [0.4, 0.5) is 0 Å². The summed E-state index contributed by atoms with van der Waals surface area (Å²) >= 11 is 3.34. The standard InChI is InChI=1S/C8H7BrN2S/c1-12(11-6-10)8-4-2-7(9)3-5-8/h2-5H,1H3. The van der Waals surface area contributed by atoms with Gasteiger partial charge in [0.05, 0.1) is 0 Å². The van der Waals surface area contributed by atoms with Crippen LogP contribution in [0.3, 0.4) is 0 Å². The number of rotatable bonds is 1. The highest BCUT2D eigenvalue weighted by Gasteiger charge is 1.93. The van der Waals surface area contributed by atoms with Gasteiger partial charge in [-0.15, -0.1) is 4.36 Å². The molecule has 1 rings (SSSR count). The molecule has 0 fully saturated rings. The summed E-state index contributed by atoms with van der Waals surface area (Å²) in [6.07, 6.45) is 3.73. The quantitative estimate of drug-likeness (QED) is 0.698. The molecule has 0 aliphatic rings. The van der Waals surface area contributed by atoms with Gasteiger partial charge in [0, 0.05) is 9.37 Å². The van der Waals surface area contributed by atoms with Crippen LogP contribution in [0.1, 0.15) is 0 Å². The number of nitriles is 1. The molecular weight excluding hydrogens is 236 g/mol. The van der Waals surface area contributed by atoms with Crippen molar-refractivity contribution in [1.29, 1.82) is 5.26 Å². The molecule has 1 aromatic rings. The third-order valence-corrected chi connectivity index (χ3v) is 3.17. The van der Waals surface area contributed by atoms with E-state index in [4.69, 9.17) is 5.26 Å². The van der Waals surface area contributed by atoms with Gasteiger partial charge in [0.25, 0.3) is 0 Å². The maximum absolute atomic E-state index is 8.33. The van der Waals surface area contributed by atoms with Crippen LogP contribution in [0.2, 0.25) is 0 Å². The average molecular weight is 243 g/mol. The highest BCUT2D eigenvalue weighted by molar-refractivity contribution is 9.10. The van der Waals surface area contributed by atoms with Crippen LogP contribution in [0.5, 0.6) is 0 Å². The normalized spacial score (nSPS) is 12.4. The van der Waals surface area contributed by atoms with Gasteiger partial charge in [-0.1, -0.05) is 26.6 Å². The molecule has 1 aromatic carbocycles. The molecular formula is C8H7BrN2S. The van der Waals surface area contributed by atoms with E-state index in [9.17, 15) is 0 Å². The van der Waals surface area contributed by atoms with E-state index in [-0.39, 0.29) is 10.7 Å². The van der Waals surface area contributed by atoms with E-state index >= 15 is 0 Å². The van der Waals surface area contributed by atoms with E-state index in [1.54, 1.807) is 6.19 Å². The van der Waals surface area contributed by atoms with Crippen molar-refractivity contribution in [2.45, 2.75) is 4.90 Å². The largest absolute Gasteiger partial charge is 0.212 e. The Labute approximate surface area is 82.4 Å². The predicted molar refractivity (Wildman–Crippen MR) is 53.7 cm³/mol. The van der Waals surface area contributed by atoms with Crippen molar-refractivity contribution in [3.8, 4) is 6.19 Å². The number of halogens is 1. The Hall–Kier alpha value is -0.660. The predicted octanol–water partition coefficient (Wildman–Crippen LogP) is 2.72. The molecule has 0 amide bonds. The van der Waals surface area contributed by atoms with Gasteiger partial charge in [0.2, 0.25) is 6.19 Å². The van der Waals surface area contributed by atoms with Gasteiger partial charge in [-0.2, -0.15) is 5.26 Å². The molecule has 1 unspecified atom stereocenters. The fourth-order valence-electron chi connectivity index (χ4n) is 0.745. The summed E-state index contributed by atoms with van der Waals surface area (Å²) in [5.41, 5.74) is 0. The molecule has 0 spiro atoms. The lowest BCUT2D eigenvalue weighted by molar-refractivity contribution is 1.41. The van der Waals surface area contributed by atoms with E-state index in [2.05, 4.69) is 20.3 Å². The molecule has 4 heteroatoms. The van der Waals surface area contributed by atoms with E-state index in [0.29, 0.717) is 0 Å². The van der Waals surface area contributed by atoms with Crippen molar-refractivity contribution in [3.63, 3.8) is 0 Å². The summed E-state index contributed by atoms with van der Waals surface area (Å²) < 4.78 is 4.78. The zero-order valence-electron chi connectivity index (χ0n) is 6.49. The molecule has 0 saturated heterocycles. The first kappa shape index (κ1) is 9.43. The number of benzene rings is 1. The fraction of sp³-hybridized carbons (Fsp3) is 0.125. The van der Waals surface area contributed by atoms with Crippen molar-refractivity contribution >= 4 is 26.6 Å². The molecule has 0 N–H and O–H groups in total. The lowest BCUT2D eigenvalue weighted by Crippen LogP contribution is -1.85. The molecule has 0 aliphatic heterocycles. The van der Waals surface area contributed by atoms with Gasteiger partial charge >= 0.3 is 0 Å². The SMILES string of the molecule is CS(=NC#N)c1ccc(Br)cc1. The lowest BCUT2D eigenvalue weighted by Gasteiger charge is -1.98. The van der Waals surface area contributed by atoms with Crippen LogP contribution in [-0.4, -0.2) is 6.26 Å². The zero-order chi connectivity index (χ0) is 8.97. The fourth-order valence-corrected chi connectivity index (χ4v) is 1.77. The summed E-state index contributed by atoms with van der Waals surface area (Å²) in [7, 11) is -0.299. The van der Waals surface area contributed by atoms with Crippen LogP contribution in [0.25, 0.3) is 0 Å². The molecule has 0 heterocycles. The van der Waals surface area contributed by atoms with Gasteiger partial charge in [-0.3, -0.25) is 0 Å². The maximum atomic E-state index is 8.33. The Bertz CT molecular complexity index is 337. The lowest BCUT2D eigenvalue weighted by atomic mass is 10.4. The summed E-state index contributed by atoms with van der Waals surface area (Å²) in [6.45, 7) is 0. The Balaban J connectivity index is 2.99. The Morgan fingerprint density at radius 2 is 2.00 bits per heavy atom. The highest BCUT2D eigenvalue weighted by atomic mass is 79.9. The van der Waals surface area contributed by atoms with Crippen LogP contribution in [0.15, 0.2) is 38.0 Å². The molecule has 0 aliphatic carbocycles. The Kier molecular flexibility index (Phi) is 3.45. The van der Waals surface area contributed by atoms with Crippen LogP contribution in [0, 0.1) is 11.5 Å². The third-order valence-electron chi connectivity index (χ3n) is 1.33. The van der Waals surface area contributed by atoms with Crippen molar-refractivity contribution in [2.24, 2.45) is 4.36 Å².